The molecule has 27 heavy (non-hydrogen) atoms. The minimum absolute atomic E-state index is 0.0155. The lowest BCUT2D eigenvalue weighted by molar-refractivity contribution is -0.126. The Bertz CT molecular complexity index is 809. The highest BCUT2D eigenvalue weighted by Gasteiger charge is 2.19. The maximum atomic E-state index is 12.5. The normalized spacial score (nSPS) is 14.4. The van der Waals surface area contributed by atoms with Crippen molar-refractivity contribution in [2.75, 3.05) is 45.3 Å². The van der Waals surface area contributed by atoms with Crippen LogP contribution in [0.4, 0.5) is 5.69 Å². The summed E-state index contributed by atoms with van der Waals surface area (Å²) < 4.78 is 10.5. The molecule has 0 bridgehead atoms. The first-order chi connectivity index (χ1) is 13.1. The summed E-state index contributed by atoms with van der Waals surface area (Å²) in [6, 6.07) is 12.6. The number of benzene rings is 2. The zero-order valence-electron chi connectivity index (χ0n) is 15.6. The summed E-state index contributed by atoms with van der Waals surface area (Å²) in [4.78, 5) is 16.5. The Morgan fingerprint density at radius 2 is 1.70 bits per heavy atom. The molecule has 1 aliphatic rings. The van der Waals surface area contributed by atoms with Crippen molar-refractivity contribution < 1.29 is 19.4 Å². The molecule has 1 saturated heterocycles. The molecule has 2 aromatic carbocycles. The van der Waals surface area contributed by atoms with E-state index in [0.717, 1.165) is 24.3 Å². The highest BCUT2D eigenvalue weighted by atomic mass is 16.5. The van der Waals surface area contributed by atoms with Gasteiger partial charge in [-0.3, -0.25) is 4.79 Å². The van der Waals surface area contributed by atoms with E-state index < -0.39 is 0 Å². The number of nitrogens with zero attached hydrogens (tertiary/aromatic N) is 2. The number of hydrogen-bond acceptors (Lipinski definition) is 5. The monoisotopic (exact) mass is 368 g/mol. The van der Waals surface area contributed by atoms with Gasteiger partial charge in [0.1, 0.15) is 17.2 Å². The number of rotatable bonds is 5. The van der Waals surface area contributed by atoms with Crippen molar-refractivity contribution in [3.05, 3.63) is 54.1 Å². The van der Waals surface area contributed by atoms with Crippen molar-refractivity contribution in [2.45, 2.75) is 0 Å². The topological polar surface area (TPSA) is 62.2 Å². The van der Waals surface area contributed by atoms with Crippen molar-refractivity contribution in [1.82, 2.24) is 4.90 Å². The number of aromatic hydroxyl groups is 1. The summed E-state index contributed by atoms with van der Waals surface area (Å²) in [5, 5.41) is 9.39. The largest absolute Gasteiger partial charge is 0.508 e. The van der Waals surface area contributed by atoms with E-state index in [1.165, 1.54) is 0 Å². The smallest absolute Gasteiger partial charge is 0.246 e. The van der Waals surface area contributed by atoms with Crippen LogP contribution in [0.2, 0.25) is 0 Å². The third kappa shape index (κ3) is 4.53. The third-order valence-corrected chi connectivity index (χ3v) is 4.65. The minimum Gasteiger partial charge on any atom is -0.508 e. The van der Waals surface area contributed by atoms with Gasteiger partial charge in [-0.05, 0) is 42.5 Å². The highest BCUT2D eigenvalue weighted by Crippen LogP contribution is 2.26. The second kappa shape index (κ2) is 8.49. The molecule has 0 atom stereocenters. The molecule has 6 nitrogen and oxygen atoms in total. The van der Waals surface area contributed by atoms with Crippen LogP contribution >= 0.6 is 0 Å². The van der Waals surface area contributed by atoms with E-state index in [2.05, 4.69) is 4.90 Å². The zero-order valence-corrected chi connectivity index (χ0v) is 15.6. The van der Waals surface area contributed by atoms with Crippen molar-refractivity contribution in [1.29, 1.82) is 0 Å². The Morgan fingerprint density at radius 1 is 1.00 bits per heavy atom. The van der Waals surface area contributed by atoms with Crippen molar-refractivity contribution in [2.24, 2.45) is 0 Å². The van der Waals surface area contributed by atoms with Crippen LogP contribution in [0.1, 0.15) is 5.56 Å². The van der Waals surface area contributed by atoms with E-state index in [1.54, 1.807) is 44.6 Å². The number of methoxy groups -OCH3 is 2. The number of phenolic OH excluding ortho intramolecular Hbond substituents is 1. The van der Waals surface area contributed by atoms with Crippen LogP contribution in [0, 0.1) is 0 Å². The third-order valence-electron chi connectivity index (χ3n) is 4.65. The van der Waals surface area contributed by atoms with E-state index >= 15 is 0 Å². The predicted octanol–water partition coefficient (Wildman–Crippen LogP) is 2.77. The predicted molar refractivity (Wildman–Crippen MR) is 105 cm³/mol. The standard InChI is InChI=1S/C21H24N2O4/c1-26-19-9-3-16(20(15-19)27-2)4-10-21(25)23-13-11-22(12-14-23)17-5-7-18(24)8-6-17/h3-10,15,24H,11-14H2,1-2H3/b10-4+. The van der Waals surface area contributed by atoms with Gasteiger partial charge in [-0.2, -0.15) is 0 Å². The van der Waals surface area contributed by atoms with E-state index in [4.69, 9.17) is 9.47 Å². The summed E-state index contributed by atoms with van der Waals surface area (Å²) in [6.07, 6.45) is 3.35. The molecule has 142 valence electrons. The van der Waals surface area contributed by atoms with Crippen LogP contribution in [-0.4, -0.2) is 56.3 Å². The van der Waals surface area contributed by atoms with E-state index in [9.17, 15) is 9.90 Å². The van der Waals surface area contributed by atoms with Gasteiger partial charge >= 0.3 is 0 Å². The average Bonchev–Trinajstić information content (AvgIpc) is 2.72. The molecular weight excluding hydrogens is 344 g/mol. The number of carbonyl (C=O) groups excluding carboxylic acids is 1. The van der Waals surface area contributed by atoms with Gasteiger partial charge < -0.3 is 24.4 Å². The molecular formula is C21H24N2O4. The maximum Gasteiger partial charge on any atom is 0.246 e. The van der Waals surface area contributed by atoms with Crippen LogP contribution in [0.3, 0.4) is 0 Å². The molecule has 0 aromatic heterocycles. The Kier molecular flexibility index (Phi) is 5.86. The van der Waals surface area contributed by atoms with E-state index in [-0.39, 0.29) is 11.7 Å². The molecule has 1 aliphatic heterocycles. The number of carbonyl (C=O) groups is 1. The van der Waals surface area contributed by atoms with Gasteiger partial charge in [0.15, 0.2) is 0 Å². The Hall–Kier alpha value is -3.15. The van der Waals surface area contributed by atoms with Crippen LogP contribution in [0.25, 0.3) is 6.08 Å². The van der Waals surface area contributed by atoms with Gasteiger partial charge in [0.2, 0.25) is 5.91 Å². The summed E-state index contributed by atoms with van der Waals surface area (Å²) in [5.41, 5.74) is 1.88. The number of piperazine rings is 1. The number of hydrogen-bond donors (Lipinski definition) is 1. The molecule has 1 amide bonds. The molecule has 0 saturated carbocycles. The molecule has 6 heteroatoms. The molecule has 0 radical (unpaired) electrons. The number of amides is 1. The molecule has 3 rings (SSSR count). The molecule has 1 heterocycles. The fraction of sp³-hybridized carbons (Fsp3) is 0.286. The first-order valence-electron chi connectivity index (χ1n) is 8.83. The lowest BCUT2D eigenvalue weighted by Crippen LogP contribution is -2.48. The average molecular weight is 368 g/mol. The second-order valence-electron chi connectivity index (χ2n) is 6.27. The Balaban J connectivity index is 1.59. The summed E-state index contributed by atoms with van der Waals surface area (Å²) in [5.74, 6) is 1.61. The number of ether oxygens (including phenoxy) is 2. The van der Waals surface area contributed by atoms with Gasteiger partial charge in [0, 0.05) is 49.6 Å². The first-order valence-corrected chi connectivity index (χ1v) is 8.83. The molecule has 1 fully saturated rings. The van der Waals surface area contributed by atoms with Crippen LogP contribution in [0.5, 0.6) is 17.2 Å². The summed E-state index contributed by atoms with van der Waals surface area (Å²) in [6.45, 7) is 2.83. The molecule has 2 aromatic rings. The summed E-state index contributed by atoms with van der Waals surface area (Å²) in [7, 11) is 3.20. The SMILES string of the molecule is COc1ccc(/C=C/C(=O)N2CCN(c3ccc(O)cc3)CC2)c(OC)c1. The van der Waals surface area contributed by atoms with Gasteiger partial charge in [-0.25, -0.2) is 0 Å². The lowest BCUT2D eigenvalue weighted by Gasteiger charge is -2.35. The molecule has 0 unspecified atom stereocenters. The second-order valence-corrected chi connectivity index (χ2v) is 6.27. The summed E-state index contributed by atoms with van der Waals surface area (Å²) >= 11 is 0. The van der Waals surface area contributed by atoms with Crippen molar-refractivity contribution >= 4 is 17.7 Å². The van der Waals surface area contributed by atoms with Gasteiger partial charge in [-0.15, -0.1) is 0 Å². The fourth-order valence-electron chi connectivity index (χ4n) is 3.07. The van der Waals surface area contributed by atoms with Gasteiger partial charge in [0.05, 0.1) is 14.2 Å². The Morgan fingerprint density at radius 3 is 2.33 bits per heavy atom. The molecule has 1 N–H and O–H groups in total. The highest BCUT2D eigenvalue weighted by molar-refractivity contribution is 5.92. The van der Waals surface area contributed by atoms with Crippen LogP contribution in [0.15, 0.2) is 48.5 Å². The molecule has 0 spiro atoms. The maximum absolute atomic E-state index is 12.5. The lowest BCUT2D eigenvalue weighted by atomic mass is 10.1. The minimum atomic E-state index is -0.0155. The van der Waals surface area contributed by atoms with Crippen molar-refractivity contribution in [3.8, 4) is 17.2 Å². The zero-order chi connectivity index (χ0) is 19.2. The molecule has 0 aliphatic carbocycles. The van der Waals surface area contributed by atoms with E-state index in [1.807, 2.05) is 29.2 Å². The van der Waals surface area contributed by atoms with Crippen molar-refractivity contribution in [3.63, 3.8) is 0 Å². The quantitative estimate of drug-likeness (QED) is 0.823. The van der Waals surface area contributed by atoms with Gasteiger partial charge in [0.25, 0.3) is 0 Å². The Labute approximate surface area is 159 Å². The first kappa shape index (κ1) is 18.6. The van der Waals surface area contributed by atoms with Crippen LogP contribution < -0.4 is 14.4 Å². The fourth-order valence-corrected chi connectivity index (χ4v) is 3.07. The van der Waals surface area contributed by atoms with Gasteiger partial charge in [-0.1, -0.05) is 0 Å². The number of anilines is 1. The van der Waals surface area contributed by atoms with E-state index in [0.29, 0.717) is 24.6 Å². The van der Waals surface area contributed by atoms with Crippen LogP contribution in [-0.2, 0) is 4.79 Å². The number of phenols is 1.